The van der Waals surface area contributed by atoms with Crippen LogP contribution in [-0.4, -0.2) is 321 Å². The molecule has 0 aliphatic carbocycles. The number of carboxylic acids is 2. The van der Waals surface area contributed by atoms with Crippen molar-refractivity contribution in [1.29, 1.82) is 0 Å². The van der Waals surface area contributed by atoms with Crippen LogP contribution in [0, 0.1) is 199 Å². The van der Waals surface area contributed by atoms with Crippen LogP contribution in [-0.2, 0) is 117 Å². The molecule has 11 atom stereocenters. The second kappa shape index (κ2) is 64.6. The fraction of sp³-hybridized carbons (Fsp3) is 0.512. The molecular formula is C84H119Gd4N19O24S2-4. The standard InChI is InChI=1S/C84H119N19O24S2.4Gd/c1-47(2)33-64(92-71(113)44-102(31-26-87-52(8)107)32-27-88-53(9)108)84(127)103-28-12-15-67(103)80(123)97-65-45-128-129-46-66(83(126)100(10)68(34-48(3)4)81(124)96-62(38-72(114)115)76(119)90-41-57-14-11-13-56(35-57)40-89-70(112)43-101(29-24-85-50(6)105)30-25-86-51(7)106)98-82(125)74(49(5)104)99-69(111)42-91-75(118)60(36-54-16-20-58(109)21-17-54)93-77(120)61(37-55-18-22-59(110)23-19-55)94-78(121)63(39-73(116)117)95-79(65)122;;;;/h11,13-14,16-23,35,47-49,60-68,74,104,109-110H,6-9,12,15,24-34,36-46H2,1-5,10H3,(H,85,105)(H,86,106)(H,87,107)(H,88,108)(H,89,112)(H,90,119)(H,91,118)(H,92,113)(H,93,120)(H,94,121)(H,95,122)(H,96,124)(H,97,123)(H,98,125)(H,99,111)(H,114,115)(H,116,117);;;;/q-4;;;;/t49?,60-,61-,62-,63-,64?,65-,66-,67-,68-,74-;;;;/m0..../s1. The second-order valence-electron chi connectivity index (χ2n) is 31.7. The number of hydrogen-bond acceptors (Lipinski definition) is 26. The Kier molecular flexibility index (Phi) is 60.0. The van der Waals surface area contributed by atoms with Crippen LogP contribution >= 0.6 is 21.6 Å². The van der Waals surface area contributed by atoms with Gasteiger partial charge in [-0.25, -0.2) is 0 Å². The third kappa shape index (κ3) is 47.4. The Morgan fingerprint density at radius 1 is 0.526 bits per heavy atom. The number of nitrogens with one attached hydrogen (secondary N) is 15. The maximum atomic E-state index is 15.4. The van der Waals surface area contributed by atoms with Crippen LogP contribution in [0.25, 0.3) is 0 Å². The molecule has 3 aromatic rings. The predicted molar refractivity (Wildman–Crippen MR) is 470 cm³/mol. The largest absolute Gasteiger partial charge is 0.508 e. The number of benzene rings is 3. The maximum Gasteiger partial charge on any atom is 0.305 e. The van der Waals surface area contributed by atoms with E-state index in [1.54, 1.807) is 61.8 Å². The molecule has 2 unspecified atom stereocenters. The van der Waals surface area contributed by atoms with E-state index in [4.69, 9.17) is 0 Å². The third-order valence-corrected chi connectivity index (χ3v) is 22.4. The molecule has 49 heteroatoms. The van der Waals surface area contributed by atoms with Gasteiger partial charge in [-0.3, -0.25) is 81.7 Å². The van der Waals surface area contributed by atoms with Gasteiger partial charge in [0.15, 0.2) is 0 Å². The number of carboxylic acid groups (broad SMARTS) is 2. The Hall–Kier alpha value is -7.45. The molecule has 2 heterocycles. The van der Waals surface area contributed by atoms with E-state index in [1.165, 1.54) is 53.4 Å². The molecule has 3 aromatic carbocycles. The first-order valence-corrected chi connectivity index (χ1v) is 44.1. The molecule has 742 valence electrons. The van der Waals surface area contributed by atoms with E-state index in [2.05, 4.69) is 107 Å². The molecule has 2 aliphatic rings. The summed E-state index contributed by atoms with van der Waals surface area (Å²) in [5, 5.41) is 90.1. The first-order chi connectivity index (χ1) is 60.9. The van der Waals surface area contributed by atoms with E-state index >= 15 is 14.4 Å². The van der Waals surface area contributed by atoms with Crippen LogP contribution in [0.3, 0.4) is 0 Å². The number of carbonyl (C=O) groups excluding carboxylic acids is 17. The number of aliphatic hydroxyl groups is 1. The van der Waals surface area contributed by atoms with Crippen molar-refractivity contribution in [3.05, 3.63) is 123 Å². The Morgan fingerprint density at radius 3 is 1.48 bits per heavy atom. The van der Waals surface area contributed by atoms with Gasteiger partial charge in [0, 0.05) is 263 Å². The Morgan fingerprint density at radius 2 is 1.00 bits per heavy atom. The van der Waals surface area contributed by atoms with E-state index in [9.17, 15) is 102 Å². The maximum absolute atomic E-state index is 15.4. The average Bonchev–Trinajstić information content (AvgIpc) is 1.75. The number of nitrogens with zero attached hydrogens (tertiary/aromatic N) is 4. The molecule has 133 heavy (non-hydrogen) atoms. The summed E-state index contributed by atoms with van der Waals surface area (Å²) in [5.74, 6) is -20.9. The van der Waals surface area contributed by atoms with Crippen molar-refractivity contribution in [2.45, 2.75) is 166 Å². The first-order valence-electron chi connectivity index (χ1n) is 41.6. The van der Waals surface area contributed by atoms with Crippen molar-refractivity contribution in [3.63, 3.8) is 0 Å². The molecule has 0 spiro atoms. The minimum atomic E-state index is -2.12. The van der Waals surface area contributed by atoms with E-state index in [1.807, 2.05) is 0 Å². The van der Waals surface area contributed by atoms with Gasteiger partial charge in [0.2, 0.25) is 76.8 Å². The zero-order valence-electron chi connectivity index (χ0n) is 74.2. The summed E-state index contributed by atoms with van der Waals surface area (Å²) >= 11 is 0. The van der Waals surface area contributed by atoms with Crippen LogP contribution in [0.2, 0.25) is 0 Å². The van der Waals surface area contributed by atoms with Crippen LogP contribution in [0.5, 0.6) is 11.5 Å². The van der Waals surface area contributed by atoms with Gasteiger partial charge in [-0.2, -0.15) is 0 Å². The van der Waals surface area contributed by atoms with Crippen molar-refractivity contribution in [1.82, 2.24) is 99.4 Å². The summed E-state index contributed by atoms with van der Waals surface area (Å²) < 4.78 is 0. The van der Waals surface area contributed by atoms with Crippen LogP contribution in [0.1, 0.15) is 95.4 Å². The molecular weight excluding hydrogens is 2350 g/mol. The number of carbonyl (C=O) groups is 19. The number of likely N-dealkylation sites (N-methyl/N-ethyl adjacent to an activating group) is 1. The van der Waals surface area contributed by atoms with Crippen molar-refractivity contribution in [2.24, 2.45) is 11.8 Å². The molecule has 2 saturated heterocycles. The first kappa shape index (κ1) is 124. The summed E-state index contributed by atoms with van der Waals surface area (Å²) in [7, 11) is 2.61. The number of likely N-dealkylation sites (tertiary alicyclic amines) is 1. The summed E-state index contributed by atoms with van der Waals surface area (Å²) in [6, 6.07) is -0.181. The van der Waals surface area contributed by atoms with Crippen LogP contribution in [0.15, 0.2) is 72.8 Å². The fourth-order valence-corrected chi connectivity index (χ4v) is 15.9. The zero-order chi connectivity index (χ0) is 95.7. The zero-order valence-corrected chi connectivity index (χ0v) is 85.0. The number of rotatable bonds is 42. The monoisotopic (exact) mass is 2470 g/mol. The van der Waals surface area contributed by atoms with Crippen LogP contribution < -0.4 is 79.8 Å². The topological polar surface area (TPSA) is 619 Å². The molecule has 0 radical (unpaired) electrons. The summed E-state index contributed by atoms with van der Waals surface area (Å²) in [5.41, 5.74) is 1.61. The van der Waals surface area contributed by atoms with Gasteiger partial charge in [0.05, 0.1) is 62.2 Å². The van der Waals surface area contributed by atoms with E-state index < -0.39 is 222 Å². The minimum absolute atomic E-state index is 0. The van der Waals surface area contributed by atoms with E-state index in [0.29, 0.717) is 16.7 Å². The van der Waals surface area contributed by atoms with Gasteiger partial charge in [-0.15, -0.1) is 0 Å². The van der Waals surface area contributed by atoms with Crippen molar-refractivity contribution < 1.29 is 276 Å². The number of aliphatic carboxylic acids is 2. The molecule has 0 bridgehead atoms. The number of hydrogen-bond donors (Lipinski definition) is 20. The molecule has 2 aliphatic heterocycles. The summed E-state index contributed by atoms with van der Waals surface area (Å²) in [6.45, 7) is 20.4. The number of phenols is 2. The molecule has 17 amide bonds. The Bertz CT molecular complexity index is 4380. The normalized spacial score (nSPS) is 18.3. The molecule has 0 saturated carbocycles. The third-order valence-electron chi connectivity index (χ3n) is 20.0. The van der Waals surface area contributed by atoms with Crippen molar-refractivity contribution in [3.8, 4) is 11.5 Å². The second-order valence-corrected chi connectivity index (χ2v) is 34.2. The number of amides is 17. The fourth-order valence-electron chi connectivity index (χ4n) is 13.5. The number of aliphatic hydroxyl groups excluding tert-OH is 1. The van der Waals surface area contributed by atoms with Gasteiger partial charge in [0.1, 0.15) is 71.9 Å². The van der Waals surface area contributed by atoms with Gasteiger partial charge < -0.3 is 162 Å². The molecule has 0 aromatic heterocycles. The average molecular weight is 2470 g/mol. The Labute approximate surface area is 907 Å². The SMILES string of the molecule is [CH2-]C(=O)NCCN(CCNC([CH2-])=O)CC(=O)NCc1cccc(CNC(=O)[C@H](CC(=O)O)NC(=O)[C@H](CC(C)C)N(C)C(=O)[C@@H]2CSSC[C@H](NC(=O)[C@@H]3CCCN3C(=O)C(CC(C)C)NC(=O)CN(CCNC([CH2-])=O)CCNC([CH2-])=O)C(=O)N[C@@H](CC(=O)O)C(=O)N[C@@H](Cc3ccc(O)cc3)C(=O)N[C@@H](Cc3ccc(O)cc3)C(=O)NCC(=O)N[C@@H](C(C)O)C(=O)N2)c1.[Gd].[Gd].[Gd].[Gd]. The van der Waals surface area contributed by atoms with Crippen molar-refractivity contribution in [2.75, 3.05) is 97.1 Å². The smallest absolute Gasteiger partial charge is 0.305 e. The van der Waals surface area contributed by atoms with E-state index in [-0.39, 0.29) is 300 Å². The number of phenolic OH excluding ortho intramolecular Hbond substituents is 2. The number of aromatic hydroxyl groups is 2. The molecule has 5 rings (SSSR count). The Balaban J connectivity index is 0.0000221. The van der Waals surface area contributed by atoms with Crippen molar-refractivity contribution >= 4 is 134 Å². The molecule has 43 nitrogen and oxygen atoms in total. The predicted octanol–water partition coefficient (Wildman–Crippen LogP) is -5.15. The molecule has 20 N–H and O–H groups in total. The van der Waals surface area contributed by atoms with Gasteiger partial charge >= 0.3 is 11.9 Å². The summed E-state index contributed by atoms with van der Waals surface area (Å²) in [6.07, 6.45) is -4.82. The molecule has 2 fully saturated rings. The van der Waals surface area contributed by atoms with Crippen LogP contribution in [0.4, 0.5) is 0 Å². The van der Waals surface area contributed by atoms with Gasteiger partial charge in [0.25, 0.3) is 0 Å². The van der Waals surface area contributed by atoms with E-state index in [0.717, 1.165) is 40.5 Å². The summed E-state index contributed by atoms with van der Waals surface area (Å²) in [4.78, 5) is 266. The quantitative estimate of drug-likeness (QED) is 0.0186. The van der Waals surface area contributed by atoms with Gasteiger partial charge in [-0.1, -0.05) is 97.8 Å². The van der Waals surface area contributed by atoms with Gasteiger partial charge in [-0.05, 0) is 91.0 Å². The minimum Gasteiger partial charge on any atom is -0.508 e.